The van der Waals surface area contributed by atoms with Gasteiger partial charge in [0.1, 0.15) is 0 Å². The van der Waals surface area contributed by atoms with Crippen molar-refractivity contribution in [2.24, 2.45) is 5.92 Å². The van der Waals surface area contributed by atoms with Gasteiger partial charge in [0, 0.05) is 44.8 Å². The highest BCUT2D eigenvalue weighted by molar-refractivity contribution is 7.88. The molecule has 1 atom stereocenters. The standard InChI is InChI=1S/C20H33N5O3S/c1-15(2)13-24-14-21-18-17(24)12-16(22-20(18)6-4-5-7-20)19(26)23-8-10-25(11-9-23)29(3,27)28/h14-16,22H,4-13H2,1-3H3. The third-order valence-electron chi connectivity index (χ3n) is 6.58. The zero-order valence-electron chi connectivity index (χ0n) is 17.7. The van der Waals surface area contributed by atoms with Gasteiger partial charge >= 0.3 is 0 Å². The maximum atomic E-state index is 13.4. The van der Waals surface area contributed by atoms with E-state index in [-0.39, 0.29) is 17.5 Å². The largest absolute Gasteiger partial charge is 0.339 e. The van der Waals surface area contributed by atoms with E-state index in [9.17, 15) is 13.2 Å². The van der Waals surface area contributed by atoms with Crippen LogP contribution in [-0.4, -0.2) is 71.6 Å². The van der Waals surface area contributed by atoms with Crippen molar-refractivity contribution >= 4 is 15.9 Å². The molecule has 162 valence electrons. The molecule has 2 aliphatic heterocycles. The van der Waals surface area contributed by atoms with E-state index in [0.29, 0.717) is 38.5 Å². The summed E-state index contributed by atoms with van der Waals surface area (Å²) in [5.74, 6) is 0.605. The molecule has 0 radical (unpaired) electrons. The Hall–Kier alpha value is -1.45. The Morgan fingerprint density at radius 1 is 1.24 bits per heavy atom. The van der Waals surface area contributed by atoms with E-state index in [1.165, 1.54) is 16.3 Å². The SMILES string of the molecule is CC(C)Cn1cnc2c1CC(C(=O)N1CCN(S(C)(=O)=O)CC1)NC21CCCC1. The average molecular weight is 424 g/mol. The van der Waals surface area contributed by atoms with Crippen LogP contribution in [0.4, 0.5) is 0 Å². The first-order chi connectivity index (χ1) is 13.7. The number of sulfonamides is 1. The van der Waals surface area contributed by atoms with Crippen LogP contribution in [0.5, 0.6) is 0 Å². The van der Waals surface area contributed by atoms with Crippen LogP contribution in [0.1, 0.15) is 50.9 Å². The summed E-state index contributed by atoms with van der Waals surface area (Å²) in [5.41, 5.74) is 2.15. The maximum Gasteiger partial charge on any atom is 0.240 e. The van der Waals surface area contributed by atoms with Crippen molar-refractivity contribution in [1.29, 1.82) is 0 Å². The zero-order chi connectivity index (χ0) is 20.8. The van der Waals surface area contributed by atoms with Crippen LogP contribution in [0.3, 0.4) is 0 Å². The molecule has 1 spiro atoms. The lowest BCUT2D eigenvalue weighted by Crippen LogP contribution is -2.60. The second kappa shape index (κ2) is 7.67. The van der Waals surface area contributed by atoms with Gasteiger partial charge in [0.25, 0.3) is 0 Å². The van der Waals surface area contributed by atoms with Crippen LogP contribution in [-0.2, 0) is 33.3 Å². The molecule has 3 aliphatic rings. The molecule has 1 aromatic heterocycles. The minimum atomic E-state index is -3.20. The Labute approximate surface area is 173 Å². The first kappa shape index (κ1) is 20.8. The number of nitrogens with zero attached hydrogens (tertiary/aromatic N) is 4. The second-order valence-electron chi connectivity index (χ2n) is 9.26. The third-order valence-corrected chi connectivity index (χ3v) is 7.89. The Kier molecular flexibility index (Phi) is 5.50. The van der Waals surface area contributed by atoms with Crippen molar-refractivity contribution < 1.29 is 13.2 Å². The fraction of sp³-hybridized carbons (Fsp3) is 0.800. The smallest absolute Gasteiger partial charge is 0.240 e. The van der Waals surface area contributed by atoms with Crippen molar-refractivity contribution in [1.82, 2.24) is 24.1 Å². The van der Waals surface area contributed by atoms with Crippen molar-refractivity contribution in [3.63, 3.8) is 0 Å². The lowest BCUT2D eigenvalue weighted by molar-refractivity contribution is -0.135. The van der Waals surface area contributed by atoms with Crippen molar-refractivity contribution in [3.8, 4) is 0 Å². The lowest BCUT2D eigenvalue weighted by atomic mass is 9.84. The topological polar surface area (TPSA) is 87.5 Å². The number of piperazine rings is 1. The molecule has 1 amide bonds. The molecule has 1 unspecified atom stereocenters. The maximum absolute atomic E-state index is 13.4. The molecular formula is C20H33N5O3S. The molecular weight excluding hydrogens is 390 g/mol. The summed E-state index contributed by atoms with van der Waals surface area (Å²) in [5, 5.41) is 3.69. The van der Waals surface area contributed by atoms with Crippen LogP contribution in [0, 0.1) is 5.92 Å². The van der Waals surface area contributed by atoms with Gasteiger partial charge in [-0.3, -0.25) is 10.1 Å². The number of amides is 1. The van der Waals surface area contributed by atoms with E-state index in [1.54, 1.807) is 0 Å². The van der Waals surface area contributed by atoms with Crippen LogP contribution in [0.2, 0.25) is 0 Å². The molecule has 29 heavy (non-hydrogen) atoms. The Morgan fingerprint density at radius 3 is 2.48 bits per heavy atom. The fourth-order valence-corrected chi connectivity index (χ4v) is 6.01. The number of imidazole rings is 1. The summed E-state index contributed by atoms with van der Waals surface area (Å²) in [4.78, 5) is 20.0. The van der Waals surface area contributed by atoms with E-state index < -0.39 is 10.0 Å². The molecule has 0 bridgehead atoms. The molecule has 1 N–H and O–H groups in total. The Bertz CT molecular complexity index is 865. The molecule has 1 saturated heterocycles. The van der Waals surface area contributed by atoms with E-state index >= 15 is 0 Å². The van der Waals surface area contributed by atoms with Gasteiger partial charge in [-0.25, -0.2) is 13.4 Å². The predicted molar refractivity (Wildman–Crippen MR) is 111 cm³/mol. The Morgan fingerprint density at radius 2 is 1.90 bits per heavy atom. The molecule has 2 fully saturated rings. The summed E-state index contributed by atoms with van der Waals surface area (Å²) < 4.78 is 27.2. The molecule has 4 rings (SSSR count). The minimum Gasteiger partial charge on any atom is -0.339 e. The number of carbonyl (C=O) groups excluding carboxylic acids is 1. The van der Waals surface area contributed by atoms with Gasteiger partial charge in [0.05, 0.1) is 29.9 Å². The van der Waals surface area contributed by atoms with Crippen LogP contribution < -0.4 is 5.32 Å². The molecule has 3 heterocycles. The van der Waals surface area contributed by atoms with Gasteiger partial charge in [0.15, 0.2) is 0 Å². The predicted octanol–water partition coefficient (Wildman–Crippen LogP) is 0.927. The number of hydrogen-bond acceptors (Lipinski definition) is 5. The third kappa shape index (κ3) is 3.96. The number of carbonyl (C=O) groups is 1. The number of nitrogens with one attached hydrogen (secondary N) is 1. The highest BCUT2D eigenvalue weighted by Gasteiger charge is 2.47. The van der Waals surface area contributed by atoms with Crippen LogP contribution in [0.25, 0.3) is 0 Å². The number of aromatic nitrogens is 2. The summed E-state index contributed by atoms with van der Waals surface area (Å²) in [6, 6.07) is -0.270. The number of rotatable bonds is 4. The quantitative estimate of drug-likeness (QED) is 0.778. The first-order valence-corrected chi connectivity index (χ1v) is 12.6. The average Bonchev–Trinajstić information content (AvgIpc) is 3.28. The first-order valence-electron chi connectivity index (χ1n) is 10.8. The second-order valence-corrected chi connectivity index (χ2v) is 11.2. The monoisotopic (exact) mass is 423 g/mol. The molecule has 1 aliphatic carbocycles. The normalized spacial score (nSPS) is 25.0. The van der Waals surface area contributed by atoms with Crippen LogP contribution >= 0.6 is 0 Å². The van der Waals surface area contributed by atoms with Crippen molar-refractivity contribution in [3.05, 3.63) is 17.7 Å². The summed E-state index contributed by atoms with van der Waals surface area (Å²) in [6.07, 6.45) is 8.16. The lowest BCUT2D eigenvalue weighted by Gasteiger charge is -2.42. The van der Waals surface area contributed by atoms with Gasteiger partial charge in [-0.1, -0.05) is 26.7 Å². The highest BCUT2D eigenvalue weighted by atomic mass is 32.2. The van der Waals surface area contributed by atoms with Crippen LogP contribution in [0.15, 0.2) is 6.33 Å². The van der Waals surface area contributed by atoms with E-state index in [1.807, 2.05) is 11.2 Å². The van der Waals surface area contributed by atoms with E-state index in [2.05, 4.69) is 23.7 Å². The van der Waals surface area contributed by atoms with Gasteiger partial charge in [-0.05, 0) is 18.8 Å². The van der Waals surface area contributed by atoms with Gasteiger partial charge in [-0.15, -0.1) is 0 Å². The van der Waals surface area contributed by atoms with Crippen molar-refractivity contribution in [2.45, 2.75) is 64.1 Å². The Balaban J connectivity index is 1.55. The minimum absolute atomic E-state index is 0.0902. The van der Waals surface area contributed by atoms with Gasteiger partial charge in [0.2, 0.25) is 15.9 Å². The summed E-state index contributed by atoms with van der Waals surface area (Å²) in [6.45, 7) is 6.96. The molecule has 1 saturated carbocycles. The zero-order valence-corrected chi connectivity index (χ0v) is 18.5. The van der Waals surface area contributed by atoms with E-state index in [0.717, 1.165) is 37.9 Å². The van der Waals surface area contributed by atoms with Crippen molar-refractivity contribution in [2.75, 3.05) is 32.4 Å². The molecule has 8 nitrogen and oxygen atoms in total. The molecule has 9 heteroatoms. The van der Waals surface area contributed by atoms with E-state index in [4.69, 9.17) is 4.98 Å². The number of fused-ring (bicyclic) bond motifs is 2. The molecule has 1 aromatic rings. The van der Waals surface area contributed by atoms with Gasteiger partial charge in [-0.2, -0.15) is 4.31 Å². The highest BCUT2D eigenvalue weighted by Crippen LogP contribution is 2.43. The summed E-state index contributed by atoms with van der Waals surface area (Å²) >= 11 is 0. The molecule has 0 aromatic carbocycles. The fourth-order valence-electron chi connectivity index (χ4n) is 5.19. The van der Waals surface area contributed by atoms with Gasteiger partial charge < -0.3 is 9.47 Å². The summed E-state index contributed by atoms with van der Waals surface area (Å²) in [7, 11) is -3.20. The number of hydrogen-bond donors (Lipinski definition) is 1.